The first kappa shape index (κ1) is 14.3. The highest BCUT2D eigenvalue weighted by molar-refractivity contribution is 9.10. The van der Waals surface area contributed by atoms with Crippen LogP contribution in [0.25, 0.3) is 0 Å². The van der Waals surface area contributed by atoms with Gasteiger partial charge in [-0.3, -0.25) is 0 Å². The first-order chi connectivity index (χ1) is 8.97. The third kappa shape index (κ3) is 3.45. The van der Waals surface area contributed by atoms with E-state index in [2.05, 4.69) is 21.2 Å². The minimum Gasteiger partial charge on any atom is -0.376 e. The lowest BCUT2D eigenvalue weighted by Gasteiger charge is -2.17. The van der Waals surface area contributed by atoms with Gasteiger partial charge in [0.25, 0.3) is 0 Å². The smallest absolute Gasteiger partial charge is 0.147 e. The van der Waals surface area contributed by atoms with Crippen molar-refractivity contribution in [2.45, 2.75) is 13.0 Å². The fourth-order valence-corrected chi connectivity index (χ4v) is 2.26. The molecule has 0 aliphatic carbocycles. The Balaban J connectivity index is 2.23. The molecular weight excluding hydrogens is 336 g/mol. The van der Waals surface area contributed by atoms with Crippen molar-refractivity contribution >= 4 is 33.2 Å². The van der Waals surface area contributed by atoms with Gasteiger partial charge in [-0.15, -0.1) is 0 Å². The standard InChI is InChI=1S/C14H11BrClF2N/c1-8(11-4-2-9(15)6-12(11)17)19-14-5-3-10(16)7-13(14)18/h2-8,19H,1H3. The summed E-state index contributed by atoms with van der Waals surface area (Å²) in [6.07, 6.45) is 0. The maximum Gasteiger partial charge on any atom is 0.147 e. The van der Waals surface area contributed by atoms with E-state index in [1.165, 1.54) is 18.2 Å². The zero-order chi connectivity index (χ0) is 14.0. The van der Waals surface area contributed by atoms with E-state index < -0.39 is 5.82 Å². The van der Waals surface area contributed by atoms with Crippen molar-refractivity contribution in [3.05, 3.63) is 63.1 Å². The number of halogens is 4. The van der Waals surface area contributed by atoms with Crippen LogP contribution in [0.1, 0.15) is 18.5 Å². The molecule has 0 radical (unpaired) electrons. The Morgan fingerprint density at radius 1 is 1.11 bits per heavy atom. The number of hydrogen-bond acceptors (Lipinski definition) is 1. The van der Waals surface area contributed by atoms with Crippen LogP contribution in [0.5, 0.6) is 0 Å². The molecule has 1 atom stereocenters. The van der Waals surface area contributed by atoms with Crippen molar-refractivity contribution in [3.63, 3.8) is 0 Å². The SMILES string of the molecule is CC(Nc1ccc(Cl)cc1F)c1ccc(Br)cc1F. The highest BCUT2D eigenvalue weighted by atomic mass is 79.9. The summed E-state index contributed by atoms with van der Waals surface area (Å²) >= 11 is 8.88. The molecule has 2 aromatic rings. The lowest BCUT2D eigenvalue weighted by atomic mass is 10.1. The van der Waals surface area contributed by atoms with Crippen LogP contribution in [-0.2, 0) is 0 Å². The van der Waals surface area contributed by atoms with Crippen LogP contribution < -0.4 is 5.32 Å². The van der Waals surface area contributed by atoms with Crippen molar-refractivity contribution in [1.29, 1.82) is 0 Å². The predicted molar refractivity (Wildman–Crippen MR) is 77.5 cm³/mol. The number of rotatable bonds is 3. The van der Waals surface area contributed by atoms with Crippen LogP contribution in [-0.4, -0.2) is 0 Å². The molecule has 0 saturated carbocycles. The molecular formula is C14H11BrClF2N. The fraction of sp³-hybridized carbons (Fsp3) is 0.143. The normalized spacial score (nSPS) is 12.3. The Kier molecular flexibility index (Phi) is 4.42. The Labute approximate surface area is 123 Å². The summed E-state index contributed by atoms with van der Waals surface area (Å²) in [6, 6.07) is 8.76. The van der Waals surface area contributed by atoms with Gasteiger partial charge < -0.3 is 5.32 Å². The summed E-state index contributed by atoms with van der Waals surface area (Å²) in [5, 5.41) is 3.25. The van der Waals surface area contributed by atoms with Gasteiger partial charge in [0.2, 0.25) is 0 Å². The second kappa shape index (κ2) is 5.88. The van der Waals surface area contributed by atoms with Gasteiger partial charge in [-0.2, -0.15) is 0 Å². The minimum atomic E-state index is -0.461. The molecule has 0 amide bonds. The largest absolute Gasteiger partial charge is 0.376 e. The third-order valence-corrected chi connectivity index (χ3v) is 3.46. The zero-order valence-electron chi connectivity index (χ0n) is 10.1. The Morgan fingerprint density at radius 2 is 1.84 bits per heavy atom. The van der Waals surface area contributed by atoms with E-state index in [0.717, 1.165) is 0 Å². The summed E-state index contributed by atoms with van der Waals surface area (Å²) in [7, 11) is 0. The van der Waals surface area contributed by atoms with Crippen LogP contribution in [0, 0.1) is 11.6 Å². The second-order valence-corrected chi connectivity index (χ2v) is 5.51. The molecule has 0 bridgehead atoms. The first-order valence-electron chi connectivity index (χ1n) is 5.64. The van der Waals surface area contributed by atoms with Gasteiger partial charge in [-0.05, 0) is 37.3 Å². The van der Waals surface area contributed by atoms with Gasteiger partial charge in [0.1, 0.15) is 11.6 Å². The zero-order valence-corrected chi connectivity index (χ0v) is 12.4. The van der Waals surface area contributed by atoms with Crippen molar-refractivity contribution < 1.29 is 8.78 Å². The van der Waals surface area contributed by atoms with E-state index in [-0.39, 0.29) is 11.9 Å². The molecule has 0 aliphatic heterocycles. The van der Waals surface area contributed by atoms with E-state index in [1.807, 2.05) is 0 Å². The summed E-state index contributed by atoms with van der Waals surface area (Å²) < 4.78 is 28.1. The molecule has 0 heterocycles. The molecule has 0 saturated heterocycles. The van der Waals surface area contributed by atoms with Crippen LogP contribution in [0.4, 0.5) is 14.5 Å². The molecule has 0 aliphatic rings. The first-order valence-corrected chi connectivity index (χ1v) is 6.81. The van der Waals surface area contributed by atoms with Gasteiger partial charge >= 0.3 is 0 Å². The Hall–Kier alpha value is -1.13. The number of anilines is 1. The van der Waals surface area contributed by atoms with Gasteiger partial charge in [0.15, 0.2) is 0 Å². The molecule has 100 valence electrons. The lowest BCUT2D eigenvalue weighted by molar-refractivity contribution is 0.595. The van der Waals surface area contributed by atoms with Crippen molar-refractivity contribution in [2.75, 3.05) is 5.32 Å². The molecule has 0 spiro atoms. The summed E-state index contributed by atoms with van der Waals surface area (Å²) in [5.41, 5.74) is 0.761. The molecule has 2 aromatic carbocycles. The Bertz CT molecular complexity index is 604. The molecule has 1 N–H and O–H groups in total. The fourth-order valence-electron chi connectivity index (χ4n) is 1.77. The molecule has 2 rings (SSSR count). The van der Waals surface area contributed by atoms with Gasteiger partial charge in [-0.25, -0.2) is 8.78 Å². The van der Waals surface area contributed by atoms with Crippen LogP contribution in [0.15, 0.2) is 40.9 Å². The van der Waals surface area contributed by atoms with Gasteiger partial charge in [0.05, 0.1) is 11.7 Å². The highest BCUT2D eigenvalue weighted by Crippen LogP contribution is 2.26. The van der Waals surface area contributed by atoms with E-state index in [9.17, 15) is 8.78 Å². The summed E-state index contributed by atoms with van der Waals surface area (Å²) in [4.78, 5) is 0. The van der Waals surface area contributed by atoms with E-state index in [1.54, 1.807) is 25.1 Å². The topological polar surface area (TPSA) is 12.0 Å². The highest BCUT2D eigenvalue weighted by Gasteiger charge is 2.13. The van der Waals surface area contributed by atoms with Crippen LogP contribution >= 0.6 is 27.5 Å². The predicted octanol–water partition coefficient (Wildman–Crippen LogP) is 5.55. The average Bonchev–Trinajstić information content (AvgIpc) is 2.32. The number of benzene rings is 2. The molecule has 0 fully saturated rings. The molecule has 1 unspecified atom stereocenters. The lowest BCUT2D eigenvalue weighted by Crippen LogP contribution is -2.09. The van der Waals surface area contributed by atoms with Gasteiger partial charge in [-0.1, -0.05) is 33.6 Å². The number of hydrogen-bond donors (Lipinski definition) is 1. The molecule has 1 nitrogen and oxygen atoms in total. The van der Waals surface area contributed by atoms with Crippen LogP contribution in [0.3, 0.4) is 0 Å². The van der Waals surface area contributed by atoms with Crippen molar-refractivity contribution in [3.8, 4) is 0 Å². The van der Waals surface area contributed by atoms with Crippen molar-refractivity contribution in [2.24, 2.45) is 0 Å². The van der Waals surface area contributed by atoms with E-state index in [0.29, 0.717) is 20.7 Å². The number of nitrogens with one attached hydrogen (secondary N) is 1. The second-order valence-electron chi connectivity index (χ2n) is 4.16. The monoisotopic (exact) mass is 345 g/mol. The third-order valence-electron chi connectivity index (χ3n) is 2.73. The molecule has 19 heavy (non-hydrogen) atoms. The average molecular weight is 347 g/mol. The summed E-state index contributed by atoms with van der Waals surface area (Å²) in [6.45, 7) is 1.76. The summed E-state index contributed by atoms with van der Waals surface area (Å²) in [5.74, 6) is -0.805. The van der Waals surface area contributed by atoms with E-state index in [4.69, 9.17) is 11.6 Å². The quantitative estimate of drug-likeness (QED) is 0.768. The van der Waals surface area contributed by atoms with Crippen LogP contribution in [0.2, 0.25) is 5.02 Å². The molecule has 5 heteroatoms. The Morgan fingerprint density at radius 3 is 2.47 bits per heavy atom. The maximum atomic E-state index is 13.8. The van der Waals surface area contributed by atoms with E-state index >= 15 is 0 Å². The maximum absolute atomic E-state index is 13.8. The van der Waals surface area contributed by atoms with Gasteiger partial charge in [0, 0.05) is 15.1 Å². The van der Waals surface area contributed by atoms with Crippen molar-refractivity contribution in [1.82, 2.24) is 0 Å². The minimum absolute atomic E-state index is 0.291. The molecule has 0 aromatic heterocycles.